The molecule has 0 aliphatic heterocycles. The van der Waals surface area contributed by atoms with Crippen molar-refractivity contribution < 1.29 is 37.0 Å². The van der Waals surface area contributed by atoms with E-state index in [0.717, 1.165) is 19.2 Å². The SMILES string of the molecule is COC(=O)CCC(=O)N[C@@H](Cc1cccc(C(F)(F)F)c1)C(=O)OC. The van der Waals surface area contributed by atoms with Crippen molar-refractivity contribution >= 4 is 17.8 Å². The molecule has 0 radical (unpaired) electrons. The fourth-order valence-corrected chi connectivity index (χ4v) is 2.03. The number of nitrogens with one attached hydrogen (secondary N) is 1. The van der Waals surface area contributed by atoms with Gasteiger partial charge in [0.15, 0.2) is 0 Å². The predicted molar refractivity (Wildman–Crippen MR) is 80.3 cm³/mol. The van der Waals surface area contributed by atoms with E-state index in [4.69, 9.17) is 0 Å². The quantitative estimate of drug-likeness (QED) is 0.750. The van der Waals surface area contributed by atoms with Crippen LogP contribution >= 0.6 is 0 Å². The molecule has 0 saturated heterocycles. The molecule has 1 aromatic carbocycles. The Labute approximate surface area is 142 Å². The van der Waals surface area contributed by atoms with Gasteiger partial charge in [0.25, 0.3) is 0 Å². The molecular formula is C16H18F3NO5. The van der Waals surface area contributed by atoms with Crippen LogP contribution in [0.3, 0.4) is 0 Å². The number of hydrogen-bond donors (Lipinski definition) is 1. The molecule has 0 bridgehead atoms. The molecule has 0 spiro atoms. The lowest BCUT2D eigenvalue weighted by Gasteiger charge is -2.17. The van der Waals surface area contributed by atoms with E-state index >= 15 is 0 Å². The third-order valence-corrected chi connectivity index (χ3v) is 3.30. The number of hydrogen-bond acceptors (Lipinski definition) is 5. The number of amides is 1. The zero-order valence-corrected chi connectivity index (χ0v) is 13.7. The first-order valence-corrected chi connectivity index (χ1v) is 7.27. The summed E-state index contributed by atoms with van der Waals surface area (Å²) in [5, 5.41) is 2.35. The van der Waals surface area contributed by atoms with Crippen LogP contribution in [0.5, 0.6) is 0 Å². The van der Waals surface area contributed by atoms with Crippen molar-refractivity contribution in [3.63, 3.8) is 0 Å². The van der Waals surface area contributed by atoms with Crippen molar-refractivity contribution in [1.29, 1.82) is 0 Å². The second-order valence-corrected chi connectivity index (χ2v) is 5.12. The van der Waals surface area contributed by atoms with E-state index in [-0.39, 0.29) is 24.8 Å². The number of carbonyl (C=O) groups is 3. The van der Waals surface area contributed by atoms with Gasteiger partial charge in [0.05, 0.1) is 26.2 Å². The first-order valence-electron chi connectivity index (χ1n) is 7.27. The highest BCUT2D eigenvalue weighted by Gasteiger charge is 2.31. The van der Waals surface area contributed by atoms with Crippen LogP contribution in [0.4, 0.5) is 13.2 Å². The minimum absolute atomic E-state index is 0.180. The number of alkyl halides is 3. The molecule has 0 fully saturated rings. The van der Waals surface area contributed by atoms with Gasteiger partial charge in [-0.1, -0.05) is 18.2 Å². The zero-order chi connectivity index (χ0) is 19.0. The van der Waals surface area contributed by atoms with Gasteiger partial charge in [0.1, 0.15) is 6.04 Å². The Hall–Kier alpha value is -2.58. The Morgan fingerprint density at radius 2 is 1.80 bits per heavy atom. The van der Waals surface area contributed by atoms with Gasteiger partial charge in [0.2, 0.25) is 5.91 Å². The molecule has 9 heteroatoms. The Morgan fingerprint density at radius 3 is 2.36 bits per heavy atom. The maximum atomic E-state index is 12.7. The van der Waals surface area contributed by atoms with Crippen molar-refractivity contribution in [2.45, 2.75) is 31.5 Å². The third kappa shape index (κ3) is 6.82. The van der Waals surface area contributed by atoms with Crippen molar-refractivity contribution in [2.75, 3.05) is 14.2 Å². The lowest BCUT2D eigenvalue weighted by molar-refractivity contribution is -0.145. The smallest absolute Gasteiger partial charge is 0.416 e. The number of methoxy groups -OCH3 is 2. The van der Waals surface area contributed by atoms with E-state index in [9.17, 15) is 27.6 Å². The molecule has 1 atom stereocenters. The third-order valence-electron chi connectivity index (χ3n) is 3.30. The van der Waals surface area contributed by atoms with Crippen LogP contribution in [0.2, 0.25) is 0 Å². The van der Waals surface area contributed by atoms with Gasteiger partial charge >= 0.3 is 18.1 Å². The van der Waals surface area contributed by atoms with Gasteiger partial charge < -0.3 is 14.8 Å². The molecule has 1 amide bonds. The molecule has 1 N–H and O–H groups in total. The van der Waals surface area contributed by atoms with E-state index in [0.29, 0.717) is 0 Å². The summed E-state index contributed by atoms with van der Waals surface area (Å²) < 4.78 is 47.2. The molecule has 0 saturated carbocycles. The highest BCUT2D eigenvalue weighted by Crippen LogP contribution is 2.29. The Kier molecular flexibility index (Phi) is 7.41. The Bertz CT molecular complexity index is 630. The van der Waals surface area contributed by atoms with Crippen molar-refractivity contribution in [1.82, 2.24) is 5.32 Å². The fourth-order valence-electron chi connectivity index (χ4n) is 2.03. The number of ether oxygens (including phenoxy) is 2. The first-order chi connectivity index (χ1) is 11.7. The molecule has 0 aromatic heterocycles. The monoisotopic (exact) mass is 361 g/mol. The normalized spacial score (nSPS) is 12.2. The van der Waals surface area contributed by atoms with E-state index < -0.39 is 35.6 Å². The predicted octanol–water partition coefficient (Wildman–Crippen LogP) is 1.86. The fraction of sp³-hybridized carbons (Fsp3) is 0.438. The summed E-state index contributed by atoms with van der Waals surface area (Å²) in [5.74, 6) is -2.01. The van der Waals surface area contributed by atoms with Crippen LogP contribution in [0.1, 0.15) is 24.0 Å². The van der Waals surface area contributed by atoms with Crippen LogP contribution in [0.25, 0.3) is 0 Å². The van der Waals surface area contributed by atoms with Gasteiger partial charge in [-0.25, -0.2) is 4.79 Å². The van der Waals surface area contributed by atoms with Crippen LogP contribution in [-0.4, -0.2) is 38.1 Å². The van der Waals surface area contributed by atoms with Gasteiger partial charge in [-0.3, -0.25) is 9.59 Å². The average molecular weight is 361 g/mol. The summed E-state index contributed by atoms with van der Waals surface area (Å²) in [5.41, 5.74) is -0.649. The molecular weight excluding hydrogens is 343 g/mol. The molecule has 25 heavy (non-hydrogen) atoms. The molecule has 0 aliphatic rings. The highest BCUT2D eigenvalue weighted by molar-refractivity contribution is 5.86. The summed E-state index contributed by atoms with van der Waals surface area (Å²) >= 11 is 0. The van der Waals surface area contributed by atoms with Crippen molar-refractivity contribution in [2.24, 2.45) is 0 Å². The van der Waals surface area contributed by atoms with E-state index in [1.54, 1.807) is 0 Å². The van der Waals surface area contributed by atoms with E-state index in [1.807, 2.05) is 0 Å². The maximum Gasteiger partial charge on any atom is 0.416 e. The van der Waals surface area contributed by atoms with Gasteiger partial charge in [-0.15, -0.1) is 0 Å². The molecule has 1 aromatic rings. The van der Waals surface area contributed by atoms with Crippen molar-refractivity contribution in [3.05, 3.63) is 35.4 Å². The number of benzene rings is 1. The van der Waals surface area contributed by atoms with Crippen LogP contribution < -0.4 is 5.32 Å². The van der Waals surface area contributed by atoms with E-state index in [2.05, 4.69) is 14.8 Å². The number of carbonyl (C=O) groups excluding carboxylic acids is 3. The summed E-state index contributed by atoms with van der Waals surface area (Å²) in [6, 6.07) is 3.26. The maximum absolute atomic E-state index is 12.7. The average Bonchev–Trinajstić information content (AvgIpc) is 2.57. The summed E-state index contributed by atoms with van der Waals surface area (Å²) in [6.07, 6.45) is -5.09. The molecule has 6 nitrogen and oxygen atoms in total. The van der Waals surface area contributed by atoms with Gasteiger partial charge in [0, 0.05) is 12.8 Å². The second-order valence-electron chi connectivity index (χ2n) is 5.12. The largest absolute Gasteiger partial charge is 0.469 e. The molecule has 138 valence electrons. The van der Waals surface area contributed by atoms with Crippen LogP contribution in [0, 0.1) is 0 Å². The molecule has 0 unspecified atom stereocenters. The van der Waals surface area contributed by atoms with Gasteiger partial charge in [-0.2, -0.15) is 13.2 Å². The Morgan fingerprint density at radius 1 is 1.12 bits per heavy atom. The summed E-state index contributed by atoms with van der Waals surface area (Å²) in [4.78, 5) is 34.6. The molecule has 1 rings (SSSR count). The lowest BCUT2D eigenvalue weighted by Crippen LogP contribution is -2.43. The number of esters is 2. The highest BCUT2D eigenvalue weighted by atomic mass is 19.4. The first kappa shape index (κ1) is 20.5. The second kappa shape index (κ2) is 9.05. The number of halogens is 3. The molecule has 0 aliphatic carbocycles. The van der Waals surface area contributed by atoms with Gasteiger partial charge in [-0.05, 0) is 11.6 Å². The van der Waals surface area contributed by atoms with E-state index in [1.165, 1.54) is 19.2 Å². The minimum atomic E-state index is -4.51. The topological polar surface area (TPSA) is 81.7 Å². The number of rotatable bonds is 7. The van der Waals surface area contributed by atoms with Crippen LogP contribution in [-0.2, 0) is 36.5 Å². The zero-order valence-electron chi connectivity index (χ0n) is 13.7. The summed E-state index contributed by atoms with van der Waals surface area (Å²) in [6.45, 7) is 0. The summed E-state index contributed by atoms with van der Waals surface area (Å²) in [7, 11) is 2.27. The standard InChI is InChI=1S/C16H18F3NO5/c1-24-14(22)7-6-13(21)20-12(15(23)25-2)9-10-4-3-5-11(8-10)16(17,18)19/h3-5,8,12H,6-7,9H2,1-2H3,(H,20,21)/t12-/m0/s1. The lowest BCUT2D eigenvalue weighted by atomic mass is 10.0. The Balaban J connectivity index is 2.82. The van der Waals surface area contributed by atoms with Crippen LogP contribution in [0.15, 0.2) is 24.3 Å². The van der Waals surface area contributed by atoms with Crippen molar-refractivity contribution in [3.8, 4) is 0 Å². The minimum Gasteiger partial charge on any atom is -0.469 e. The molecule has 0 heterocycles.